The first-order chi connectivity index (χ1) is 8.71. The number of nitrogens with zero attached hydrogens (tertiary/aromatic N) is 1. The summed E-state index contributed by atoms with van der Waals surface area (Å²) < 4.78 is 15.8. The molecule has 0 atom stereocenters. The van der Waals surface area contributed by atoms with E-state index in [0.29, 0.717) is 18.1 Å². The highest BCUT2D eigenvalue weighted by atomic mass is 16.5. The van der Waals surface area contributed by atoms with E-state index in [1.807, 2.05) is 19.1 Å². The summed E-state index contributed by atoms with van der Waals surface area (Å²) in [6, 6.07) is 5.51. The molecule has 1 aromatic carbocycles. The van der Waals surface area contributed by atoms with E-state index >= 15 is 0 Å². The van der Waals surface area contributed by atoms with Gasteiger partial charge in [0.2, 0.25) is 0 Å². The van der Waals surface area contributed by atoms with Crippen molar-refractivity contribution in [2.24, 2.45) is 5.73 Å². The maximum Gasteiger partial charge on any atom is 0.175 e. The lowest BCUT2D eigenvalue weighted by atomic mass is 10.1. The number of hydrogen-bond acceptors (Lipinski definition) is 5. The lowest BCUT2D eigenvalue weighted by molar-refractivity contribution is 0.390. The molecular weight excluding hydrogens is 232 g/mol. The molecule has 2 aromatic rings. The Balaban J connectivity index is 2.56. The fourth-order valence-corrected chi connectivity index (χ4v) is 1.83. The monoisotopic (exact) mass is 248 g/mol. The summed E-state index contributed by atoms with van der Waals surface area (Å²) in [5.74, 6) is 2.04. The highest BCUT2D eigenvalue weighted by Crippen LogP contribution is 2.35. The Morgan fingerprint density at radius 2 is 2.06 bits per heavy atom. The van der Waals surface area contributed by atoms with Gasteiger partial charge in [0, 0.05) is 18.2 Å². The van der Waals surface area contributed by atoms with Gasteiger partial charge in [-0.15, -0.1) is 0 Å². The Kier molecular flexibility index (Phi) is 3.53. The van der Waals surface area contributed by atoms with Gasteiger partial charge in [-0.1, -0.05) is 5.16 Å². The molecule has 5 heteroatoms. The minimum atomic E-state index is 0.375. The van der Waals surface area contributed by atoms with E-state index in [1.54, 1.807) is 20.3 Å². The molecule has 1 aromatic heterocycles. The molecule has 0 saturated carbocycles. The van der Waals surface area contributed by atoms with Crippen LogP contribution in [-0.4, -0.2) is 19.4 Å². The third-order valence-electron chi connectivity index (χ3n) is 2.84. The largest absolute Gasteiger partial charge is 0.497 e. The summed E-state index contributed by atoms with van der Waals surface area (Å²) >= 11 is 0. The lowest BCUT2D eigenvalue weighted by Crippen LogP contribution is -1.99. The zero-order chi connectivity index (χ0) is 13.1. The molecule has 0 unspecified atom stereocenters. The molecule has 1 heterocycles. The summed E-state index contributed by atoms with van der Waals surface area (Å²) in [5, 5.41) is 3.94. The van der Waals surface area contributed by atoms with Gasteiger partial charge in [-0.25, -0.2) is 0 Å². The number of hydrogen-bond donors (Lipinski definition) is 1. The molecule has 0 aliphatic carbocycles. The molecule has 0 radical (unpaired) electrons. The highest BCUT2D eigenvalue weighted by Gasteiger charge is 2.17. The van der Waals surface area contributed by atoms with Crippen molar-refractivity contribution in [2.75, 3.05) is 14.2 Å². The maximum absolute atomic E-state index is 5.72. The zero-order valence-corrected chi connectivity index (χ0v) is 10.7. The molecule has 0 fully saturated rings. The molecule has 18 heavy (non-hydrogen) atoms. The van der Waals surface area contributed by atoms with Crippen LogP contribution in [0.5, 0.6) is 11.5 Å². The molecular formula is C13H16N2O3. The minimum absolute atomic E-state index is 0.375. The summed E-state index contributed by atoms with van der Waals surface area (Å²) in [6.07, 6.45) is 0. The van der Waals surface area contributed by atoms with Gasteiger partial charge in [0.05, 0.1) is 25.5 Å². The quantitative estimate of drug-likeness (QED) is 0.897. The van der Waals surface area contributed by atoms with Crippen molar-refractivity contribution in [2.45, 2.75) is 13.5 Å². The van der Waals surface area contributed by atoms with Crippen LogP contribution in [0.15, 0.2) is 22.7 Å². The van der Waals surface area contributed by atoms with Crippen LogP contribution in [0.2, 0.25) is 0 Å². The lowest BCUT2D eigenvalue weighted by Gasteiger charge is -2.09. The minimum Gasteiger partial charge on any atom is -0.497 e. The van der Waals surface area contributed by atoms with E-state index in [0.717, 1.165) is 22.6 Å². The maximum atomic E-state index is 5.72. The second-order valence-electron chi connectivity index (χ2n) is 3.85. The van der Waals surface area contributed by atoms with Crippen LogP contribution in [0.3, 0.4) is 0 Å². The van der Waals surface area contributed by atoms with Crippen LogP contribution < -0.4 is 15.2 Å². The van der Waals surface area contributed by atoms with Crippen LogP contribution in [0.25, 0.3) is 11.3 Å². The number of aryl methyl sites for hydroxylation is 1. The molecule has 0 spiro atoms. The summed E-state index contributed by atoms with van der Waals surface area (Å²) in [6.45, 7) is 2.24. The van der Waals surface area contributed by atoms with Gasteiger partial charge in [-0.3, -0.25) is 0 Å². The van der Waals surface area contributed by atoms with Gasteiger partial charge >= 0.3 is 0 Å². The molecule has 0 saturated heterocycles. The van der Waals surface area contributed by atoms with Crippen molar-refractivity contribution >= 4 is 0 Å². The van der Waals surface area contributed by atoms with E-state index in [2.05, 4.69) is 5.16 Å². The van der Waals surface area contributed by atoms with Gasteiger partial charge in [-0.05, 0) is 19.1 Å². The first-order valence-corrected chi connectivity index (χ1v) is 5.58. The Morgan fingerprint density at radius 1 is 1.28 bits per heavy atom. The third-order valence-corrected chi connectivity index (χ3v) is 2.84. The predicted molar refractivity (Wildman–Crippen MR) is 67.7 cm³/mol. The number of rotatable bonds is 4. The van der Waals surface area contributed by atoms with Crippen molar-refractivity contribution in [3.63, 3.8) is 0 Å². The Bertz CT molecular complexity index is 549. The van der Waals surface area contributed by atoms with Gasteiger partial charge < -0.3 is 19.7 Å². The fraction of sp³-hybridized carbons (Fsp3) is 0.308. The SMILES string of the molecule is COc1ccc(-c2onc(C)c2CN)c(OC)c1. The Hall–Kier alpha value is -2.01. The Labute approximate surface area is 105 Å². The van der Waals surface area contributed by atoms with Crippen LogP contribution in [0, 0.1) is 6.92 Å². The molecule has 0 aliphatic rings. The van der Waals surface area contributed by atoms with E-state index in [4.69, 9.17) is 19.7 Å². The van der Waals surface area contributed by atoms with Crippen molar-refractivity contribution < 1.29 is 14.0 Å². The highest BCUT2D eigenvalue weighted by molar-refractivity contribution is 5.70. The summed E-state index contributed by atoms with van der Waals surface area (Å²) in [4.78, 5) is 0. The zero-order valence-electron chi connectivity index (χ0n) is 10.7. The molecule has 96 valence electrons. The van der Waals surface area contributed by atoms with Gasteiger partial charge in [-0.2, -0.15) is 0 Å². The van der Waals surface area contributed by atoms with Crippen molar-refractivity contribution in [3.05, 3.63) is 29.5 Å². The molecule has 2 N–H and O–H groups in total. The van der Waals surface area contributed by atoms with Gasteiger partial charge in [0.25, 0.3) is 0 Å². The Morgan fingerprint density at radius 3 is 2.67 bits per heavy atom. The second-order valence-corrected chi connectivity index (χ2v) is 3.85. The number of benzene rings is 1. The molecule has 5 nitrogen and oxygen atoms in total. The van der Waals surface area contributed by atoms with E-state index in [9.17, 15) is 0 Å². The first kappa shape index (κ1) is 12.4. The predicted octanol–water partition coefficient (Wildman–Crippen LogP) is 2.13. The van der Waals surface area contributed by atoms with Crippen LogP contribution in [0.1, 0.15) is 11.3 Å². The number of nitrogens with two attached hydrogens (primary N) is 1. The topological polar surface area (TPSA) is 70.5 Å². The first-order valence-electron chi connectivity index (χ1n) is 5.58. The van der Waals surface area contributed by atoms with Gasteiger partial charge in [0.15, 0.2) is 5.76 Å². The third kappa shape index (κ3) is 2.04. The standard InChI is InChI=1S/C13H16N2O3/c1-8-11(7-14)13(18-15-8)10-5-4-9(16-2)6-12(10)17-3/h4-6H,7,14H2,1-3H3. The van der Waals surface area contributed by atoms with E-state index in [-0.39, 0.29) is 0 Å². The second kappa shape index (κ2) is 5.10. The molecule has 0 amide bonds. The van der Waals surface area contributed by atoms with Crippen LogP contribution >= 0.6 is 0 Å². The summed E-state index contributed by atoms with van der Waals surface area (Å²) in [7, 11) is 3.21. The van der Waals surface area contributed by atoms with Crippen molar-refractivity contribution in [1.29, 1.82) is 0 Å². The normalized spacial score (nSPS) is 10.4. The van der Waals surface area contributed by atoms with Crippen molar-refractivity contribution in [3.8, 4) is 22.8 Å². The van der Waals surface area contributed by atoms with E-state index < -0.39 is 0 Å². The number of methoxy groups -OCH3 is 2. The molecule has 0 bridgehead atoms. The number of aromatic nitrogens is 1. The van der Waals surface area contributed by atoms with Gasteiger partial charge in [0.1, 0.15) is 11.5 Å². The van der Waals surface area contributed by atoms with E-state index in [1.165, 1.54) is 0 Å². The average Bonchev–Trinajstić information content (AvgIpc) is 2.78. The average molecular weight is 248 g/mol. The van der Waals surface area contributed by atoms with Crippen molar-refractivity contribution in [1.82, 2.24) is 5.16 Å². The van der Waals surface area contributed by atoms with Crippen LogP contribution in [-0.2, 0) is 6.54 Å². The summed E-state index contributed by atoms with van der Waals surface area (Å²) in [5.41, 5.74) is 8.22. The number of ether oxygens (including phenoxy) is 2. The fourth-order valence-electron chi connectivity index (χ4n) is 1.83. The molecule has 2 rings (SSSR count). The molecule has 0 aliphatic heterocycles. The smallest absolute Gasteiger partial charge is 0.175 e. The van der Waals surface area contributed by atoms with Crippen LogP contribution in [0.4, 0.5) is 0 Å².